The molecule has 4 aliphatic rings. The van der Waals surface area contributed by atoms with Crippen LogP contribution in [-0.2, 0) is 14.3 Å². The second kappa shape index (κ2) is 9.77. The molecule has 3 saturated carbocycles. The van der Waals surface area contributed by atoms with Crippen LogP contribution in [0.25, 0.3) is 0 Å². The summed E-state index contributed by atoms with van der Waals surface area (Å²) in [5.74, 6) is -4.33. The number of esters is 1. The molecular weight excluding hydrogens is 580 g/mol. The molecule has 0 unspecified atom stereocenters. The lowest BCUT2D eigenvalue weighted by Gasteiger charge is -2.63. The monoisotopic (exact) mass is 611 g/mol. The molecule has 0 aliphatic heterocycles. The van der Waals surface area contributed by atoms with Gasteiger partial charge in [-0.2, -0.15) is 0 Å². The number of hydrogen-bond acceptors (Lipinski definition) is 8. The number of amides is 1. The van der Waals surface area contributed by atoms with Crippen molar-refractivity contribution in [1.82, 2.24) is 4.90 Å². The molecule has 5 rings (SSSR count). The van der Waals surface area contributed by atoms with E-state index in [1.165, 1.54) is 50.2 Å². The lowest BCUT2D eigenvalue weighted by atomic mass is 9.44. The number of halogens is 3. The summed E-state index contributed by atoms with van der Waals surface area (Å²) in [5, 5.41) is 10.2. The molecule has 1 aromatic rings. The number of nitrogens with zero attached hydrogens (tertiary/aromatic N) is 1. The van der Waals surface area contributed by atoms with Crippen LogP contribution in [0.3, 0.4) is 0 Å². The van der Waals surface area contributed by atoms with E-state index >= 15 is 8.78 Å². The SMILES string of the molecule is C[C@@H]1C[C@H]2[C@@H]3C[C@H](F)C4=CC(=O)C=C[C@]4(C)[C@@]3(F)[C@@H](O)C[C@]2(C)[C@@]1(OC(=O)c1ccc(Cl)o1)C(=O)SC(=O)N(C)C. The van der Waals surface area contributed by atoms with E-state index in [4.69, 9.17) is 20.8 Å². The molecule has 0 spiro atoms. The fraction of sp³-hybridized carbons (Fsp3) is 0.586. The Bertz CT molecular complexity index is 1390. The van der Waals surface area contributed by atoms with Crippen molar-refractivity contribution in [1.29, 1.82) is 0 Å². The second-order valence-electron chi connectivity index (χ2n) is 12.3. The standard InChI is InChI=1S/C29H32ClF2NO7S/c1-14-10-16-17-12-19(31)18-11-15(34)8-9-26(18,2)28(17,32)21(35)13-27(16,3)29(14,24(37)41-25(38)33(4)5)40-23(36)20-6-7-22(30)39-20/h6-9,11,14,16-17,19,21,35H,10,12-13H2,1-5H3/t14-,16+,17+,19+,21+,26+,27+,28+,29+/m1/s1. The Balaban J connectivity index is 1.64. The fourth-order valence-corrected chi connectivity index (χ4v) is 9.20. The normalized spacial score (nSPS) is 41.1. The Morgan fingerprint density at radius 1 is 1.20 bits per heavy atom. The average Bonchev–Trinajstić information content (AvgIpc) is 3.42. The first kappa shape index (κ1) is 30.0. The van der Waals surface area contributed by atoms with Crippen LogP contribution >= 0.6 is 23.4 Å². The summed E-state index contributed by atoms with van der Waals surface area (Å²) in [6, 6.07) is 2.61. The van der Waals surface area contributed by atoms with Gasteiger partial charge in [-0.15, -0.1) is 0 Å². The van der Waals surface area contributed by atoms with E-state index in [2.05, 4.69) is 0 Å². The van der Waals surface area contributed by atoms with Gasteiger partial charge in [-0.3, -0.25) is 14.4 Å². The van der Waals surface area contributed by atoms with Crippen molar-refractivity contribution >= 4 is 45.5 Å². The number of ketones is 1. The van der Waals surface area contributed by atoms with Crippen LogP contribution in [0.2, 0.25) is 5.22 Å². The summed E-state index contributed by atoms with van der Waals surface area (Å²) in [6.45, 7) is 4.78. The minimum absolute atomic E-state index is 0.0203. The van der Waals surface area contributed by atoms with Gasteiger partial charge in [0.05, 0.1) is 6.10 Å². The van der Waals surface area contributed by atoms with E-state index in [1.807, 2.05) is 0 Å². The largest absolute Gasteiger partial charge is 0.443 e. The molecule has 4 aliphatic carbocycles. The third-order valence-electron chi connectivity index (χ3n) is 10.0. The van der Waals surface area contributed by atoms with E-state index in [0.717, 1.165) is 6.08 Å². The van der Waals surface area contributed by atoms with Crippen molar-refractivity contribution in [3.05, 3.63) is 46.9 Å². The summed E-state index contributed by atoms with van der Waals surface area (Å²) < 4.78 is 44.6. The minimum atomic E-state index is -2.38. The van der Waals surface area contributed by atoms with Gasteiger partial charge in [-0.1, -0.05) is 19.9 Å². The molecule has 1 N–H and O–H groups in total. The summed E-state index contributed by atoms with van der Waals surface area (Å²) in [6.07, 6.45) is -0.285. The highest BCUT2D eigenvalue weighted by molar-refractivity contribution is 8.26. The lowest BCUT2D eigenvalue weighted by molar-refractivity contribution is -0.221. The zero-order chi connectivity index (χ0) is 30.3. The fourth-order valence-electron chi connectivity index (χ4n) is 8.08. The zero-order valence-corrected chi connectivity index (χ0v) is 24.9. The zero-order valence-electron chi connectivity index (χ0n) is 23.3. The van der Waals surface area contributed by atoms with Gasteiger partial charge < -0.3 is 19.2 Å². The molecule has 3 fully saturated rings. The van der Waals surface area contributed by atoms with E-state index < -0.39 is 74.2 Å². The van der Waals surface area contributed by atoms with Crippen molar-refractivity contribution in [2.24, 2.45) is 28.6 Å². The van der Waals surface area contributed by atoms with E-state index in [-0.39, 0.29) is 35.8 Å². The van der Waals surface area contributed by atoms with Gasteiger partial charge in [0.1, 0.15) is 6.17 Å². The third-order valence-corrected chi connectivity index (χ3v) is 11.3. The number of aliphatic hydroxyl groups excluding tert-OH is 1. The predicted molar refractivity (Wildman–Crippen MR) is 147 cm³/mol. The number of aliphatic hydroxyl groups is 1. The van der Waals surface area contributed by atoms with Crippen LogP contribution in [0.4, 0.5) is 13.6 Å². The number of rotatable bonds is 3. The smallest absolute Gasteiger partial charge is 0.375 e. The molecule has 8 nitrogen and oxygen atoms in total. The molecule has 1 amide bonds. The predicted octanol–water partition coefficient (Wildman–Crippen LogP) is 5.33. The lowest BCUT2D eigenvalue weighted by Crippen LogP contribution is -2.70. The Morgan fingerprint density at radius 2 is 1.88 bits per heavy atom. The molecule has 0 bridgehead atoms. The molecule has 0 saturated heterocycles. The second-order valence-corrected chi connectivity index (χ2v) is 13.6. The number of alkyl halides is 2. The van der Waals surface area contributed by atoms with E-state index in [9.17, 15) is 24.3 Å². The first-order valence-corrected chi connectivity index (χ1v) is 14.6. The Morgan fingerprint density at radius 3 is 2.49 bits per heavy atom. The molecular formula is C29H32ClF2NO7S. The number of allylic oxidation sites excluding steroid dienone is 4. The Hall–Kier alpha value is -2.50. The number of fused-ring (bicyclic) bond motifs is 5. The maximum absolute atomic E-state index is 17.6. The van der Waals surface area contributed by atoms with Gasteiger partial charge in [0, 0.05) is 48.5 Å². The van der Waals surface area contributed by atoms with Crippen LogP contribution in [0.1, 0.15) is 50.6 Å². The molecule has 222 valence electrons. The Kier molecular flexibility index (Phi) is 7.14. The van der Waals surface area contributed by atoms with Gasteiger partial charge in [0.2, 0.25) is 10.9 Å². The van der Waals surface area contributed by atoms with Crippen molar-refractivity contribution in [2.75, 3.05) is 14.1 Å². The number of hydrogen-bond donors (Lipinski definition) is 1. The summed E-state index contributed by atoms with van der Waals surface area (Å²) in [4.78, 5) is 53.5. The molecule has 9 atom stereocenters. The third kappa shape index (κ3) is 4.01. The molecule has 41 heavy (non-hydrogen) atoms. The van der Waals surface area contributed by atoms with Crippen molar-refractivity contribution in [2.45, 2.75) is 63.6 Å². The summed E-state index contributed by atoms with van der Waals surface area (Å²) in [7, 11) is 2.93. The van der Waals surface area contributed by atoms with Crippen LogP contribution < -0.4 is 0 Å². The first-order valence-electron chi connectivity index (χ1n) is 13.4. The molecule has 12 heteroatoms. The number of carbonyl (C=O) groups is 4. The number of carbonyl (C=O) groups excluding carboxylic acids is 4. The van der Waals surface area contributed by atoms with Crippen molar-refractivity contribution in [3.8, 4) is 0 Å². The van der Waals surface area contributed by atoms with Crippen LogP contribution in [0.5, 0.6) is 0 Å². The number of ether oxygens (including phenoxy) is 1. The quantitative estimate of drug-likeness (QED) is 0.456. The van der Waals surface area contributed by atoms with Crippen LogP contribution in [0, 0.1) is 28.6 Å². The number of thioether (sulfide) groups is 1. The van der Waals surface area contributed by atoms with E-state index in [0.29, 0.717) is 11.8 Å². The van der Waals surface area contributed by atoms with Crippen LogP contribution in [-0.4, -0.2) is 69.8 Å². The topological polar surface area (TPSA) is 114 Å². The highest BCUT2D eigenvalue weighted by Gasteiger charge is 2.78. The highest BCUT2D eigenvalue weighted by Crippen LogP contribution is 2.72. The Labute approximate surface area is 245 Å². The molecule has 1 heterocycles. The highest BCUT2D eigenvalue weighted by atomic mass is 35.5. The van der Waals surface area contributed by atoms with Gasteiger partial charge in [-0.05, 0) is 73.6 Å². The minimum Gasteiger partial charge on any atom is -0.443 e. The number of furan rings is 1. The van der Waals surface area contributed by atoms with Gasteiger partial charge in [-0.25, -0.2) is 13.6 Å². The van der Waals surface area contributed by atoms with E-state index in [1.54, 1.807) is 13.8 Å². The molecule has 1 aromatic heterocycles. The molecule has 0 aromatic carbocycles. The van der Waals surface area contributed by atoms with Gasteiger partial charge >= 0.3 is 5.97 Å². The maximum Gasteiger partial charge on any atom is 0.375 e. The molecule has 0 radical (unpaired) electrons. The van der Waals surface area contributed by atoms with Crippen molar-refractivity contribution in [3.63, 3.8) is 0 Å². The first-order chi connectivity index (χ1) is 19.0. The average molecular weight is 612 g/mol. The summed E-state index contributed by atoms with van der Waals surface area (Å²) >= 11 is 6.21. The van der Waals surface area contributed by atoms with Crippen LogP contribution in [0.15, 0.2) is 40.4 Å². The summed E-state index contributed by atoms with van der Waals surface area (Å²) in [5.41, 5.74) is -7.42. The van der Waals surface area contributed by atoms with Gasteiger partial charge in [0.25, 0.3) is 5.24 Å². The van der Waals surface area contributed by atoms with Gasteiger partial charge in [0.15, 0.2) is 22.3 Å². The van der Waals surface area contributed by atoms with Crippen molar-refractivity contribution < 1.29 is 42.2 Å². The maximum atomic E-state index is 17.6.